The Bertz CT molecular complexity index is 506. The number of thiophene rings is 1. The predicted molar refractivity (Wildman–Crippen MR) is 77.5 cm³/mol. The van der Waals surface area contributed by atoms with Crippen LogP contribution in [0.3, 0.4) is 0 Å². The Morgan fingerprint density at radius 1 is 1.50 bits per heavy atom. The van der Waals surface area contributed by atoms with Gasteiger partial charge in [-0.2, -0.15) is 5.10 Å². The summed E-state index contributed by atoms with van der Waals surface area (Å²) in [6.07, 6.45) is 2.32. The van der Waals surface area contributed by atoms with Gasteiger partial charge in [-0.1, -0.05) is 13.8 Å². The lowest BCUT2D eigenvalue weighted by molar-refractivity contribution is 0.460. The maximum atomic E-state index is 6.23. The van der Waals surface area contributed by atoms with E-state index in [1.807, 2.05) is 16.1 Å². The van der Waals surface area contributed by atoms with E-state index in [4.69, 9.17) is 5.73 Å². The monoisotopic (exact) mass is 328 g/mol. The number of aromatic nitrogens is 3. The number of nitrogens with two attached hydrogens (primary N) is 1. The molecule has 4 nitrogen and oxygen atoms in total. The first-order chi connectivity index (χ1) is 8.58. The molecule has 0 spiro atoms. The number of halogens is 1. The molecule has 0 aliphatic carbocycles. The highest BCUT2D eigenvalue weighted by atomic mass is 79.9. The zero-order valence-electron chi connectivity index (χ0n) is 10.5. The van der Waals surface area contributed by atoms with Crippen molar-refractivity contribution in [3.8, 4) is 0 Å². The van der Waals surface area contributed by atoms with Crippen LogP contribution in [0.25, 0.3) is 0 Å². The van der Waals surface area contributed by atoms with E-state index in [-0.39, 0.29) is 6.04 Å². The summed E-state index contributed by atoms with van der Waals surface area (Å²) < 4.78 is 3.03. The van der Waals surface area contributed by atoms with Crippen molar-refractivity contribution in [3.63, 3.8) is 0 Å². The first-order valence-corrected chi connectivity index (χ1v) is 7.60. The molecule has 2 aromatic heterocycles. The average Bonchev–Trinajstić information content (AvgIpc) is 2.88. The molecule has 0 saturated heterocycles. The molecule has 98 valence electrons. The van der Waals surface area contributed by atoms with Crippen LogP contribution in [0.4, 0.5) is 0 Å². The Kier molecular flexibility index (Phi) is 4.53. The lowest BCUT2D eigenvalue weighted by Crippen LogP contribution is -2.17. The highest BCUT2D eigenvalue weighted by Gasteiger charge is 2.15. The summed E-state index contributed by atoms with van der Waals surface area (Å²) in [5.41, 5.74) is 6.23. The molecule has 2 rings (SSSR count). The van der Waals surface area contributed by atoms with Crippen LogP contribution in [0.2, 0.25) is 0 Å². The molecule has 2 heterocycles. The summed E-state index contributed by atoms with van der Waals surface area (Å²) in [5, 5.41) is 6.29. The zero-order chi connectivity index (χ0) is 13.1. The largest absolute Gasteiger partial charge is 0.323 e. The van der Waals surface area contributed by atoms with E-state index in [9.17, 15) is 0 Å². The molecule has 2 aromatic rings. The van der Waals surface area contributed by atoms with Gasteiger partial charge in [-0.3, -0.25) is 0 Å². The van der Waals surface area contributed by atoms with Crippen molar-refractivity contribution < 1.29 is 0 Å². The van der Waals surface area contributed by atoms with Gasteiger partial charge in [0.1, 0.15) is 12.2 Å². The van der Waals surface area contributed by atoms with Crippen molar-refractivity contribution in [2.24, 2.45) is 11.7 Å². The third-order valence-corrected chi connectivity index (χ3v) is 4.62. The summed E-state index contributed by atoms with van der Waals surface area (Å²) in [5.74, 6) is 1.51. The highest BCUT2D eigenvalue weighted by Crippen LogP contribution is 2.29. The lowest BCUT2D eigenvalue weighted by Gasteiger charge is -2.12. The van der Waals surface area contributed by atoms with E-state index in [2.05, 4.69) is 39.9 Å². The van der Waals surface area contributed by atoms with E-state index >= 15 is 0 Å². The molecule has 0 aliphatic rings. The number of nitrogens with zero attached hydrogens (tertiary/aromatic N) is 3. The number of rotatable bonds is 5. The number of hydrogen-bond acceptors (Lipinski definition) is 4. The Morgan fingerprint density at radius 3 is 2.89 bits per heavy atom. The van der Waals surface area contributed by atoms with Crippen LogP contribution < -0.4 is 5.73 Å². The van der Waals surface area contributed by atoms with Gasteiger partial charge in [-0.15, -0.1) is 11.3 Å². The Balaban J connectivity index is 2.10. The molecule has 0 aliphatic heterocycles. The van der Waals surface area contributed by atoms with E-state index in [0.29, 0.717) is 12.3 Å². The van der Waals surface area contributed by atoms with Crippen molar-refractivity contribution in [3.05, 3.63) is 32.9 Å². The van der Waals surface area contributed by atoms with Gasteiger partial charge in [-0.05, 0) is 33.3 Å². The molecule has 0 radical (unpaired) electrons. The summed E-state index contributed by atoms with van der Waals surface area (Å²) in [6, 6.07) is 1.99. The maximum Gasteiger partial charge on any atom is 0.138 e. The van der Waals surface area contributed by atoms with Gasteiger partial charge < -0.3 is 5.73 Å². The summed E-state index contributed by atoms with van der Waals surface area (Å²) in [6.45, 7) is 5.22. The Morgan fingerprint density at radius 2 is 2.28 bits per heavy atom. The highest BCUT2D eigenvalue weighted by molar-refractivity contribution is 9.10. The van der Waals surface area contributed by atoms with Crippen molar-refractivity contribution in [1.29, 1.82) is 0 Å². The van der Waals surface area contributed by atoms with Gasteiger partial charge in [-0.25, -0.2) is 9.67 Å². The SMILES string of the molecule is CC(C)Cn1ncnc1CC(N)c1sccc1Br. The molecule has 0 aromatic carbocycles. The lowest BCUT2D eigenvalue weighted by atomic mass is 10.1. The summed E-state index contributed by atoms with van der Waals surface area (Å²) in [7, 11) is 0. The fourth-order valence-electron chi connectivity index (χ4n) is 1.80. The minimum Gasteiger partial charge on any atom is -0.323 e. The normalized spacial score (nSPS) is 13.2. The molecule has 1 atom stereocenters. The van der Waals surface area contributed by atoms with E-state index < -0.39 is 0 Å². The molecule has 0 amide bonds. The van der Waals surface area contributed by atoms with E-state index in [0.717, 1.165) is 21.7 Å². The molecule has 18 heavy (non-hydrogen) atoms. The molecular formula is C12H17BrN4S. The molecule has 0 bridgehead atoms. The molecule has 0 saturated carbocycles. The molecule has 1 unspecified atom stereocenters. The minimum absolute atomic E-state index is 0.0329. The van der Waals surface area contributed by atoms with Crippen molar-refractivity contribution >= 4 is 27.3 Å². The summed E-state index contributed by atoms with van der Waals surface area (Å²) >= 11 is 5.19. The second kappa shape index (κ2) is 5.95. The average molecular weight is 329 g/mol. The van der Waals surface area contributed by atoms with Crippen LogP contribution in [-0.2, 0) is 13.0 Å². The fraction of sp³-hybridized carbons (Fsp3) is 0.500. The second-order valence-electron chi connectivity index (χ2n) is 4.70. The van der Waals surface area contributed by atoms with E-state index in [1.165, 1.54) is 0 Å². The second-order valence-corrected chi connectivity index (χ2v) is 6.50. The number of hydrogen-bond donors (Lipinski definition) is 1. The van der Waals surface area contributed by atoms with Crippen LogP contribution in [0.15, 0.2) is 22.2 Å². The van der Waals surface area contributed by atoms with Crippen molar-refractivity contribution in [1.82, 2.24) is 14.8 Å². The molecule has 2 N–H and O–H groups in total. The Hall–Kier alpha value is -0.720. The molecular weight excluding hydrogens is 312 g/mol. The van der Waals surface area contributed by atoms with Gasteiger partial charge in [0.15, 0.2) is 0 Å². The van der Waals surface area contributed by atoms with Crippen molar-refractivity contribution in [2.75, 3.05) is 0 Å². The smallest absolute Gasteiger partial charge is 0.138 e. The van der Waals surface area contributed by atoms with Crippen molar-refractivity contribution in [2.45, 2.75) is 32.9 Å². The summed E-state index contributed by atoms with van der Waals surface area (Å²) in [4.78, 5) is 5.47. The van der Waals surface area contributed by atoms with Gasteiger partial charge in [0.05, 0.1) is 0 Å². The minimum atomic E-state index is -0.0329. The van der Waals surface area contributed by atoms with Gasteiger partial charge in [0, 0.05) is 28.4 Å². The molecule has 0 fully saturated rings. The topological polar surface area (TPSA) is 56.7 Å². The van der Waals surface area contributed by atoms with E-state index in [1.54, 1.807) is 17.7 Å². The van der Waals surface area contributed by atoms with Crippen LogP contribution >= 0.6 is 27.3 Å². The standard InChI is InChI=1S/C12H17BrN4S/c1-8(2)6-17-11(15-7-16-17)5-10(14)12-9(13)3-4-18-12/h3-4,7-8,10H,5-6,14H2,1-2H3. The first-order valence-electron chi connectivity index (χ1n) is 5.93. The van der Waals surface area contributed by atoms with Crippen LogP contribution in [-0.4, -0.2) is 14.8 Å². The first kappa shape index (κ1) is 13.7. The van der Waals surface area contributed by atoms with Gasteiger partial charge in [0.2, 0.25) is 0 Å². The van der Waals surface area contributed by atoms with Crippen LogP contribution in [0.1, 0.15) is 30.6 Å². The predicted octanol–water partition coefficient (Wildman–Crippen LogP) is 3.00. The third kappa shape index (κ3) is 3.18. The van der Waals surface area contributed by atoms with Crippen LogP contribution in [0, 0.1) is 5.92 Å². The van der Waals surface area contributed by atoms with Gasteiger partial charge in [0.25, 0.3) is 0 Å². The maximum absolute atomic E-state index is 6.23. The quantitative estimate of drug-likeness (QED) is 0.917. The van der Waals surface area contributed by atoms with Crippen LogP contribution in [0.5, 0.6) is 0 Å². The Labute approximate surface area is 119 Å². The fourth-order valence-corrected chi connectivity index (χ4v) is 3.47. The van der Waals surface area contributed by atoms with Gasteiger partial charge >= 0.3 is 0 Å². The third-order valence-electron chi connectivity index (χ3n) is 2.62. The molecule has 6 heteroatoms. The zero-order valence-corrected chi connectivity index (χ0v) is 12.9.